The maximum absolute atomic E-state index is 13.0. The van der Waals surface area contributed by atoms with Crippen LogP contribution in [0.3, 0.4) is 0 Å². The fourth-order valence-electron chi connectivity index (χ4n) is 4.49. The molecule has 0 atom stereocenters. The maximum Gasteiger partial charge on any atom is 0.240 e. The van der Waals surface area contributed by atoms with E-state index in [1.165, 1.54) is 37.5 Å². The minimum absolute atomic E-state index is 0.0813. The summed E-state index contributed by atoms with van der Waals surface area (Å²) in [5, 5.41) is 2.63. The van der Waals surface area contributed by atoms with Crippen LogP contribution in [-0.2, 0) is 19.6 Å². The van der Waals surface area contributed by atoms with Crippen molar-refractivity contribution >= 4 is 21.6 Å². The summed E-state index contributed by atoms with van der Waals surface area (Å²) in [6.07, 6.45) is 5.49. The van der Waals surface area contributed by atoms with E-state index in [-0.39, 0.29) is 16.3 Å². The predicted molar refractivity (Wildman–Crippen MR) is 110 cm³/mol. The molecule has 2 aliphatic rings. The van der Waals surface area contributed by atoms with E-state index >= 15 is 0 Å². The number of benzene rings is 1. The largest absolute Gasteiger partial charge is 0.495 e. The van der Waals surface area contributed by atoms with Gasteiger partial charge in [0.05, 0.1) is 37.5 Å². The molecule has 2 fully saturated rings. The van der Waals surface area contributed by atoms with Gasteiger partial charge in [0.25, 0.3) is 0 Å². The monoisotopic (exact) mass is 426 g/mol. The van der Waals surface area contributed by atoms with E-state index in [9.17, 15) is 13.2 Å². The van der Waals surface area contributed by atoms with Crippen molar-refractivity contribution in [3.05, 3.63) is 18.2 Å². The third kappa shape index (κ3) is 5.28. The Labute approximate surface area is 173 Å². The number of anilines is 1. The van der Waals surface area contributed by atoms with Crippen molar-refractivity contribution < 1.29 is 27.6 Å². The highest BCUT2D eigenvalue weighted by atomic mass is 32.2. The third-order valence-electron chi connectivity index (χ3n) is 6.05. The Kier molecular flexibility index (Phi) is 7.15. The van der Waals surface area contributed by atoms with Crippen LogP contribution in [0.25, 0.3) is 0 Å². The second-order valence-corrected chi connectivity index (χ2v) is 9.69. The first-order chi connectivity index (χ1) is 13.9. The van der Waals surface area contributed by atoms with Crippen LogP contribution < -0.4 is 19.7 Å². The highest BCUT2D eigenvalue weighted by Gasteiger charge is 2.43. The highest BCUT2D eigenvalue weighted by Crippen LogP contribution is 2.29. The highest BCUT2D eigenvalue weighted by molar-refractivity contribution is 7.89. The minimum Gasteiger partial charge on any atom is -0.495 e. The van der Waals surface area contributed by atoms with Crippen molar-refractivity contribution in [1.29, 1.82) is 0 Å². The molecule has 0 aromatic heterocycles. The molecule has 162 valence electrons. The predicted octanol–water partition coefficient (Wildman–Crippen LogP) is 0.550. The number of rotatable bonds is 7. The fourth-order valence-corrected chi connectivity index (χ4v) is 5.64. The standard InChI is InChI=1S/C20H31N3O5S/c1-16(24)22-18-14-17(6-7-19(18)27-2)29(25,26)21-15-20(8-4-3-5-9-20)23-10-12-28-13-11-23/h6-7,14,21H,3-5,8-13,15H2,1-2H3,(H,22,24)/p+1. The second kappa shape index (κ2) is 9.42. The number of quaternary nitrogens is 1. The van der Waals surface area contributed by atoms with Crippen LogP contribution in [0.2, 0.25) is 0 Å². The fraction of sp³-hybridized carbons (Fsp3) is 0.650. The van der Waals surface area contributed by atoms with Gasteiger partial charge in [-0.15, -0.1) is 0 Å². The summed E-state index contributed by atoms with van der Waals surface area (Å²) in [5.74, 6) is 0.128. The summed E-state index contributed by atoms with van der Waals surface area (Å²) >= 11 is 0. The Morgan fingerprint density at radius 3 is 2.52 bits per heavy atom. The van der Waals surface area contributed by atoms with Crippen LogP contribution >= 0.6 is 0 Å². The molecular weight excluding hydrogens is 394 g/mol. The van der Waals surface area contributed by atoms with Gasteiger partial charge in [-0.3, -0.25) is 4.79 Å². The van der Waals surface area contributed by atoms with E-state index < -0.39 is 10.0 Å². The van der Waals surface area contributed by atoms with Gasteiger partial charge in [-0.05, 0) is 31.0 Å². The second-order valence-electron chi connectivity index (χ2n) is 7.92. The molecule has 1 saturated carbocycles. The van der Waals surface area contributed by atoms with E-state index in [1.807, 2.05) is 0 Å². The molecule has 0 bridgehead atoms. The number of methoxy groups -OCH3 is 1. The molecule has 1 aromatic rings. The van der Waals surface area contributed by atoms with Crippen LogP contribution in [0.4, 0.5) is 5.69 Å². The first-order valence-electron chi connectivity index (χ1n) is 10.2. The first kappa shape index (κ1) is 22.0. The number of amides is 1. The van der Waals surface area contributed by atoms with E-state index in [0.29, 0.717) is 18.0 Å². The number of hydrogen-bond acceptors (Lipinski definition) is 5. The lowest BCUT2D eigenvalue weighted by atomic mass is 9.80. The SMILES string of the molecule is COc1ccc(S(=O)(=O)NCC2([NH+]3CCOCC3)CCCCC2)cc1NC(C)=O. The molecule has 1 aliphatic carbocycles. The molecule has 3 rings (SSSR count). The van der Waals surface area contributed by atoms with Crippen molar-refractivity contribution in [2.45, 2.75) is 49.5 Å². The first-order valence-corrected chi connectivity index (χ1v) is 11.7. The summed E-state index contributed by atoms with van der Waals surface area (Å²) in [6.45, 7) is 5.06. The van der Waals surface area contributed by atoms with Gasteiger partial charge in [0.2, 0.25) is 15.9 Å². The van der Waals surface area contributed by atoms with E-state index in [2.05, 4.69) is 10.0 Å². The zero-order valence-corrected chi connectivity index (χ0v) is 18.1. The summed E-state index contributed by atoms with van der Waals surface area (Å²) < 4.78 is 39.7. The number of sulfonamides is 1. The van der Waals surface area contributed by atoms with Gasteiger partial charge < -0.3 is 19.7 Å². The number of carbonyl (C=O) groups excluding carboxylic acids is 1. The molecule has 29 heavy (non-hydrogen) atoms. The molecule has 1 heterocycles. The topological polar surface area (TPSA) is 98.2 Å². The molecule has 1 amide bonds. The molecule has 1 aromatic carbocycles. The van der Waals surface area contributed by atoms with Gasteiger partial charge in [0, 0.05) is 19.8 Å². The zero-order valence-electron chi connectivity index (χ0n) is 17.3. The van der Waals surface area contributed by atoms with Gasteiger partial charge in [0.1, 0.15) is 24.4 Å². The molecule has 1 aliphatic heterocycles. The van der Waals surface area contributed by atoms with Crippen LogP contribution in [0.1, 0.15) is 39.0 Å². The smallest absolute Gasteiger partial charge is 0.240 e. The van der Waals surface area contributed by atoms with E-state index in [1.54, 1.807) is 6.07 Å². The average Bonchev–Trinajstić information content (AvgIpc) is 2.73. The Bertz CT molecular complexity index is 815. The molecule has 0 radical (unpaired) electrons. The van der Waals surface area contributed by atoms with Crippen molar-refractivity contribution in [2.24, 2.45) is 0 Å². The van der Waals surface area contributed by atoms with Gasteiger partial charge in [-0.1, -0.05) is 6.42 Å². The Morgan fingerprint density at radius 2 is 1.90 bits per heavy atom. The lowest BCUT2D eigenvalue weighted by Crippen LogP contribution is -3.23. The maximum atomic E-state index is 13.0. The summed E-state index contributed by atoms with van der Waals surface area (Å²) in [4.78, 5) is 13.0. The molecule has 0 unspecified atom stereocenters. The van der Waals surface area contributed by atoms with Crippen molar-refractivity contribution in [2.75, 3.05) is 45.3 Å². The van der Waals surface area contributed by atoms with Gasteiger partial charge >= 0.3 is 0 Å². The number of nitrogens with one attached hydrogen (secondary N) is 3. The third-order valence-corrected chi connectivity index (χ3v) is 7.45. The summed E-state index contributed by atoms with van der Waals surface area (Å²) in [7, 11) is -2.24. The van der Waals surface area contributed by atoms with Crippen LogP contribution in [0.15, 0.2) is 23.1 Å². The van der Waals surface area contributed by atoms with Crippen molar-refractivity contribution in [1.82, 2.24) is 4.72 Å². The molecular formula is C20H32N3O5S+. The normalized spacial score (nSPS) is 20.2. The zero-order chi connectivity index (χ0) is 20.9. The van der Waals surface area contributed by atoms with Crippen LogP contribution in [0.5, 0.6) is 5.75 Å². The quantitative estimate of drug-likeness (QED) is 0.592. The summed E-state index contributed by atoms with van der Waals surface area (Å²) in [5.41, 5.74) is 0.260. The molecule has 9 heteroatoms. The number of hydrogen-bond donors (Lipinski definition) is 3. The lowest BCUT2D eigenvalue weighted by Gasteiger charge is -2.44. The molecule has 8 nitrogen and oxygen atoms in total. The van der Waals surface area contributed by atoms with Gasteiger partial charge in [-0.2, -0.15) is 0 Å². The number of ether oxygens (including phenoxy) is 2. The molecule has 1 saturated heterocycles. The summed E-state index contributed by atoms with van der Waals surface area (Å²) in [6, 6.07) is 4.50. The Hall–Kier alpha value is -1.68. The number of carbonyl (C=O) groups is 1. The van der Waals surface area contributed by atoms with Gasteiger partial charge in [0.15, 0.2) is 0 Å². The molecule has 0 spiro atoms. The average molecular weight is 427 g/mol. The van der Waals surface area contributed by atoms with Crippen molar-refractivity contribution in [3.63, 3.8) is 0 Å². The lowest BCUT2D eigenvalue weighted by molar-refractivity contribution is -0.960. The van der Waals surface area contributed by atoms with Crippen LogP contribution in [-0.4, -0.2) is 59.8 Å². The van der Waals surface area contributed by atoms with Crippen LogP contribution in [0, 0.1) is 0 Å². The number of morpholine rings is 1. The van der Waals surface area contributed by atoms with E-state index in [4.69, 9.17) is 9.47 Å². The minimum atomic E-state index is -3.72. The molecule has 3 N–H and O–H groups in total. The Morgan fingerprint density at radius 1 is 1.21 bits per heavy atom. The van der Waals surface area contributed by atoms with E-state index in [0.717, 1.165) is 52.0 Å². The van der Waals surface area contributed by atoms with Gasteiger partial charge in [-0.25, -0.2) is 13.1 Å². The van der Waals surface area contributed by atoms with Crippen molar-refractivity contribution in [3.8, 4) is 5.75 Å². The Balaban J connectivity index is 1.79.